The monoisotopic (exact) mass is 677 g/mol. The average molecular weight is 678 g/mol. The lowest BCUT2D eigenvalue weighted by molar-refractivity contribution is 0.00503. The molecule has 1 saturated heterocycles. The van der Waals surface area contributed by atoms with Crippen LogP contribution in [0.1, 0.15) is 50.0 Å². The van der Waals surface area contributed by atoms with Crippen LogP contribution in [0.3, 0.4) is 0 Å². The highest BCUT2D eigenvalue weighted by atomic mass is 16.5. The quantitative estimate of drug-likeness (QED) is 0.191. The van der Waals surface area contributed by atoms with E-state index in [0.717, 1.165) is 63.1 Å². The van der Waals surface area contributed by atoms with Crippen molar-refractivity contribution >= 4 is 11.6 Å². The van der Waals surface area contributed by atoms with E-state index in [2.05, 4.69) is 51.7 Å². The van der Waals surface area contributed by atoms with Crippen molar-refractivity contribution in [3.8, 4) is 28.8 Å². The smallest absolute Gasteiger partial charge is 0.256 e. The summed E-state index contributed by atoms with van der Waals surface area (Å²) in [5.41, 5.74) is 2.69. The molecule has 0 radical (unpaired) electrons. The van der Waals surface area contributed by atoms with Gasteiger partial charge in [0.25, 0.3) is 5.88 Å². The fraction of sp³-hybridized carbons (Fsp3) is 0.441. The largest absolute Gasteiger partial charge is 0.487 e. The van der Waals surface area contributed by atoms with Gasteiger partial charge in [0.2, 0.25) is 5.95 Å². The second-order valence-electron chi connectivity index (χ2n) is 12.4. The van der Waals surface area contributed by atoms with Gasteiger partial charge in [-0.1, -0.05) is 6.07 Å². The predicted octanol–water partition coefficient (Wildman–Crippen LogP) is 3.64. The number of nitrogens with one attached hydrogen (secondary N) is 1. The molecular formula is C34H39N13O3. The van der Waals surface area contributed by atoms with Crippen molar-refractivity contribution in [2.45, 2.75) is 63.8 Å². The molecule has 2 fully saturated rings. The lowest BCUT2D eigenvalue weighted by Crippen LogP contribution is -2.45. The maximum absolute atomic E-state index is 9.68. The molecule has 1 N–H and O–H groups in total. The topological polar surface area (TPSA) is 180 Å². The van der Waals surface area contributed by atoms with Gasteiger partial charge in [-0.15, -0.1) is 10.2 Å². The molecular weight excluding hydrogens is 638 g/mol. The van der Waals surface area contributed by atoms with E-state index in [9.17, 15) is 5.26 Å². The molecule has 7 rings (SSSR count). The zero-order valence-electron chi connectivity index (χ0n) is 27.9. The van der Waals surface area contributed by atoms with Gasteiger partial charge < -0.3 is 19.5 Å². The van der Waals surface area contributed by atoms with Gasteiger partial charge >= 0.3 is 0 Å². The minimum Gasteiger partial charge on any atom is -0.487 e. The van der Waals surface area contributed by atoms with E-state index in [4.69, 9.17) is 19.3 Å². The zero-order valence-corrected chi connectivity index (χ0v) is 27.9. The van der Waals surface area contributed by atoms with Gasteiger partial charge in [-0.05, 0) is 66.8 Å². The number of benzene rings is 1. The molecule has 0 bridgehead atoms. The maximum Gasteiger partial charge on any atom is 0.256 e. The molecule has 1 saturated carbocycles. The highest BCUT2D eigenvalue weighted by molar-refractivity contribution is 5.67. The second kappa shape index (κ2) is 15.8. The molecule has 258 valence electrons. The van der Waals surface area contributed by atoms with E-state index in [1.807, 2.05) is 29.9 Å². The van der Waals surface area contributed by atoms with E-state index in [1.54, 1.807) is 41.6 Å². The Hall–Kier alpha value is -5.53. The molecule has 0 spiro atoms. The first-order valence-corrected chi connectivity index (χ1v) is 16.9. The van der Waals surface area contributed by atoms with Gasteiger partial charge in [0.15, 0.2) is 0 Å². The molecule has 1 aliphatic carbocycles. The first kappa shape index (κ1) is 33.0. The van der Waals surface area contributed by atoms with Crippen molar-refractivity contribution in [1.29, 1.82) is 5.26 Å². The highest BCUT2D eigenvalue weighted by Gasteiger charge is 2.29. The van der Waals surface area contributed by atoms with Gasteiger partial charge in [0, 0.05) is 55.9 Å². The number of hydrogen-bond acceptors (Lipinski definition) is 14. The number of ether oxygens (including phenoxy) is 3. The lowest BCUT2D eigenvalue weighted by Gasteiger charge is -2.38. The van der Waals surface area contributed by atoms with Crippen LogP contribution in [0.15, 0.2) is 61.6 Å². The lowest BCUT2D eigenvalue weighted by atomic mass is 9.90. The van der Waals surface area contributed by atoms with Crippen LogP contribution in [-0.4, -0.2) is 99.9 Å². The summed E-state index contributed by atoms with van der Waals surface area (Å²) >= 11 is 0. The number of rotatable bonds is 13. The number of nitriles is 1. The summed E-state index contributed by atoms with van der Waals surface area (Å²) in [6.07, 6.45) is 15.0. The summed E-state index contributed by atoms with van der Waals surface area (Å²) in [5, 5.41) is 29.1. The van der Waals surface area contributed by atoms with Crippen molar-refractivity contribution in [3.05, 3.63) is 73.0 Å². The Morgan fingerprint density at radius 1 is 1.02 bits per heavy atom. The van der Waals surface area contributed by atoms with Crippen LogP contribution in [0, 0.1) is 11.3 Å². The molecule has 1 aliphatic heterocycles. The Bertz CT molecular complexity index is 1850. The molecule has 0 unspecified atom stereocenters. The van der Waals surface area contributed by atoms with Gasteiger partial charge in [-0.25, -0.2) is 24.6 Å². The van der Waals surface area contributed by atoms with Crippen LogP contribution >= 0.6 is 0 Å². The summed E-state index contributed by atoms with van der Waals surface area (Å²) in [4.78, 5) is 20.4. The standard InChI is InChI=1S/C34H39N13O3/c1-24(21-46-23-40-43-44-46)50-31-17-25(3-4-26(31)18-35)27-19-38-34(39-20-27)41-30-22-47(42-33(30)49-14-9-32-36-10-2-11-37-32)29-7-5-28(6-8-29)45-12-15-48-16-13-45/h2-4,10-11,17,19-20,22-24,28-29H,5-9,12-16,21H2,1H3,(H,38,39,41)/t24-,28-,29-/m0/s1. The van der Waals surface area contributed by atoms with Crippen molar-refractivity contribution in [3.63, 3.8) is 0 Å². The highest BCUT2D eigenvalue weighted by Crippen LogP contribution is 2.35. The molecule has 1 aromatic carbocycles. The third-order valence-corrected chi connectivity index (χ3v) is 8.98. The number of anilines is 2. The first-order chi connectivity index (χ1) is 24.6. The van der Waals surface area contributed by atoms with Gasteiger partial charge in [0.05, 0.1) is 44.2 Å². The molecule has 0 amide bonds. The minimum atomic E-state index is -0.277. The average Bonchev–Trinajstić information content (AvgIpc) is 3.83. The summed E-state index contributed by atoms with van der Waals surface area (Å²) in [5.74, 6) is 2.05. The number of nitrogens with zero attached hydrogens (tertiary/aromatic N) is 12. The van der Waals surface area contributed by atoms with E-state index in [0.29, 0.717) is 60.3 Å². The van der Waals surface area contributed by atoms with Crippen LogP contribution in [0.2, 0.25) is 0 Å². The number of tetrazole rings is 1. The molecule has 1 atom stereocenters. The zero-order chi connectivity index (χ0) is 34.1. The Labute approximate surface area is 289 Å². The Kier molecular flexibility index (Phi) is 10.4. The summed E-state index contributed by atoms with van der Waals surface area (Å²) in [7, 11) is 0. The summed E-state index contributed by atoms with van der Waals surface area (Å²) in [6.45, 7) is 6.35. The molecule has 16 heteroatoms. The van der Waals surface area contributed by atoms with E-state index in [1.165, 1.54) is 6.33 Å². The Balaban J connectivity index is 1.04. The van der Waals surface area contributed by atoms with E-state index < -0.39 is 0 Å². The fourth-order valence-corrected chi connectivity index (χ4v) is 6.42. The van der Waals surface area contributed by atoms with E-state index in [-0.39, 0.29) is 12.1 Å². The molecule has 4 aromatic heterocycles. The van der Waals surface area contributed by atoms with E-state index >= 15 is 0 Å². The fourth-order valence-electron chi connectivity index (χ4n) is 6.42. The maximum atomic E-state index is 9.68. The van der Waals surface area contributed by atoms with Gasteiger partial charge in [-0.2, -0.15) is 5.26 Å². The van der Waals surface area contributed by atoms with Crippen molar-refractivity contribution in [1.82, 2.24) is 54.8 Å². The Morgan fingerprint density at radius 2 is 1.80 bits per heavy atom. The normalized spacial score (nSPS) is 18.6. The van der Waals surface area contributed by atoms with Crippen LogP contribution in [0.5, 0.6) is 11.6 Å². The number of hydrogen-bond donors (Lipinski definition) is 1. The van der Waals surface area contributed by atoms with Gasteiger partial charge in [-0.3, -0.25) is 9.58 Å². The number of morpholine rings is 1. The first-order valence-electron chi connectivity index (χ1n) is 16.9. The molecule has 50 heavy (non-hydrogen) atoms. The Morgan fingerprint density at radius 3 is 2.54 bits per heavy atom. The molecule has 5 aromatic rings. The van der Waals surface area contributed by atoms with Crippen molar-refractivity contribution in [2.75, 3.05) is 38.2 Å². The van der Waals surface area contributed by atoms with Crippen molar-refractivity contribution in [2.24, 2.45) is 0 Å². The summed E-state index contributed by atoms with van der Waals surface area (Å²) < 4.78 is 21.5. The molecule has 2 aliphatic rings. The van der Waals surface area contributed by atoms with Crippen molar-refractivity contribution < 1.29 is 14.2 Å². The van der Waals surface area contributed by atoms with Crippen LogP contribution in [-0.2, 0) is 17.7 Å². The molecule has 16 nitrogen and oxygen atoms in total. The molecule has 5 heterocycles. The van der Waals surface area contributed by atoms with Gasteiger partial charge in [0.1, 0.15) is 35.8 Å². The SMILES string of the molecule is C[C@@H](Cn1cnnn1)Oc1cc(-c2cnc(Nc3cn([C@H]4CC[C@H](N5CCOCC5)CC4)nc3OCCc3ncccn3)nc2)ccc1C#N. The summed E-state index contributed by atoms with van der Waals surface area (Å²) in [6, 6.07) is 10.3. The minimum absolute atomic E-state index is 0.273. The van der Waals surface area contributed by atoms with Crippen LogP contribution in [0.25, 0.3) is 11.1 Å². The third-order valence-electron chi connectivity index (χ3n) is 8.98. The third kappa shape index (κ3) is 8.18. The van der Waals surface area contributed by atoms with Crippen LogP contribution in [0.4, 0.5) is 11.6 Å². The van der Waals surface area contributed by atoms with Crippen LogP contribution < -0.4 is 14.8 Å². The number of aromatic nitrogens is 10. The predicted molar refractivity (Wildman–Crippen MR) is 181 cm³/mol. The second-order valence-corrected chi connectivity index (χ2v) is 12.4.